The van der Waals surface area contributed by atoms with Crippen molar-refractivity contribution >= 4 is 11.9 Å². The first-order valence-corrected chi connectivity index (χ1v) is 8.06. The average molecular weight is 312 g/mol. The molecule has 2 aromatic rings. The molecule has 1 amide bonds. The summed E-state index contributed by atoms with van der Waals surface area (Å²) >= 11 is 0. The van der Waals surface area contributed by atoms with Gasteiger partial charge >= 0.3 is 0 Å². The molecule has 1 N–H and O–H groups in total. The zero-order valence-corrected chi connectivity index (χ0v) is 14.0. The molecule has 1 aromatic heterocycles. The van der Waals surface area contributed by atoms with Crippen molar-refractivity contribution < 1.29 is 4.79 Å². The summed E-state index contributed by atoms with van der Waals surface area (Å²) in [5, 5.41) is 3.20. The summed E-state index contributed by atoms with van der Waals surface area (Å²) in [6.07, 6.45) is 2.60. The van der Waals surface area contributed by atoms with Gasteiger partial charge in [-0.05, 0) is 31.9 Å². The van der Waals surface area contributed by atoms with Crippen LogP contribution >= 0.6 is 0 Å². The van der Waals surface area contributed by atoms with Gasteiger partial charge in [-0.15, -0.1) is 0 Å². The van der Waals surface area contributed by atoms with E-state index in [-0.39, 0.29) is 11.9 Å². The van der Waals surface area contributed by atoms with Crippen LogP contribution in [-0.4, -0.2) is 33.4 Å². The van der Waals surface area contributed by atoms with E-state index in [0.717, 1.165) is 12.0 Å². The van der Waals surface area contributed by atoms with Crippen molar-refractivity contribution in [3.63, 3.8) is 0 Å². The predicted molar refractivity (Wildman–Crippen MR) is 92.3 cm³/mol. The highest BCUT2D eigenvalue weighted by Crippen LogP contribution is 2.10. The number of hydrogen-bond acceptors (Lipinski definition) is 4. The number of aromatic nitrogens is 2. The minimum absolute atomic E-state index is 0.0778. The summed E-state index contributed by atoms with van der Waals surface area (Å²) in [5.41, 5.74) is 1.53. The standard InChI is InChI=1S/C18H24N4O/c1-4-14(3)20-18-19-12-11-16(21-18)17(23)22(5-2)13-15-9-7-6-8-10-15/h6-12,14H,4-5,13H2,1-3H3,(H,19,20,21). The SMILES string of the molecule is CCC(C)Nc1nccc(C(=O)N(CC)Cc2ccccc2)n1. The van der Waals surface area contributed by atoms with E-state index in [1.54, 1.807) is 17.2 Å². The topological polar surface area (TPSA) is 58.1 Å². The lowest BCUT2D eigenvalue weighted by Gasteiger charge is -2.21. The highest BCUT2D eigenvalue weighted by molar-refractivity contribution is 5.92. The van der Waals surface area contributed by atoms with E-state index in [1.807, 2.05) is 37.3 Å². The van der Waals surface area contributed by atoms with Crippen LogP contribution in [0.1, 0.15) is 43.2 Å². The zero-order chi connectivity index (χ0) is 16.7. The second-order valence-corrected chi connectivity index (χ2v) is 5.52. The van der Waals surface area contributed by atoms with Crippen molar-refractivity contribution in [3.8, 4) is 0 Å². The van der Waals surface area contributed by atoms with Crippen molar-refractivity contribution in [3.05, 3.63) is 53.9 Å². The van der Waals surface area contributed by atoms with Crippen molar-refractivity contribution in [2.75, 3.05) is 11.9 Å². The summed E-state index contributed by atoms with van der Waals surface area (Å²) in [5.74, 6) is 0.423. The fraction of sp³-hybridized carbons (Fsp3) is 0.389. The summed E-state index contributed by atoms with van der Waals surface area (Å²) in [4.78, 5) is 23.0. The van der Waals surface area contributed by atoms with Crippen molar-refractivity contribution in [2.45, 2.75) is 39.8 Å². The van der Waals surface area contributed by atoms with Crippen LogP contribution in [0.5, 0.6) is 0 Å². The fourth-order valence-electron chi connectivity index (χ4n) is 2.16. The number of nitrogens with one attached hydrogen (secondary N) is 1. The molecular formula is C18H24N4O. The molecule has 122 valence electrons. The van der Waals surface area contributed by atoms with E-state index < -0.39 is 0 Å². The molecule has 0 aliphatic heterocycles. The summed E-state index contributed by atoms with van der Waals surface area (Å²) < 4.78 is 0. The smallest absolute Gasteiger partial charge is 0.272 e. The van der Waals surface area contributed by atoms with Crippen molar-refractivity contribution in [2.24, 2.45) is 0 Å². The number of nitrogens with zero attached hydrogens (tertiary/aromatic N) is 3. The van der Waals surface area contributed by atoms with Crippen LogP contribution in [0.15, 0.2) is 42.6 Å². The van der Waals surface area contributed by atoms with Gasteiger partial charge in [-0.2, -0.15) is 0 Å². The van der Waals surface area contributed by atoms with E-state index >= 15 is 0 Å². The molecule has 1 atom stereocenters. The van der Waals surface area contributed by atoms with Crippen molar-refractivity contribution in [1.29, 1.82) is 0 Å². The highest BCUT2D eigenvalue weighted by Gasteiger charge is 2.17. The first kappa shape index (κ1) is 16.9. The maximum atomic E-state index is 12.7. The molecular weight excluding hydrogens is 288 g/mol. The van der Waals surface area contributed by atoms with Crippen LogP contribution in [0, 0.1) is 0 Å². The van der Waals surface area contributed by atoms with Gasteiger partial charge in [0.2, 0.25) is 5.95 Å². The van der Waals surface area contributed by atoms with Crippen LogP contribution in [-0.2, 0) is 6.54 Å². The number of anilines is 1. The molecule has 0 radical (unpaired) electrons. The van der Waals surface area contributed by atoms with Crippen LogP contribution in [0.3, 0.4) is 0 Å². The summed E-state index contributed by atoms with van der Waals surface area (Å²) in [7, 11) is 0. The Kier molecular flexibility index (Phi) is 6.09. The first-order chi connectivity index (χ1) is 11.1. The molecule has 0 aliphatic rings. The largest absolute Gasteiger partial charge is 0.352 e. The molecule has 0 spiro atoms. The zero-order valence-electron chi connectivity index (χ0n) is 14.0. The molecule has 0 bridgehead atoms. The van der Waals surface area contributed by atoms with E-state index in [9.17, 15) is 4.79 Å². The van der Waals surface area contributed by atoms with Crippen LogP contribution < -0.4 is 5.32 Å². The molecule has 1 unspecified atom stereocenters. The second kappa shape index (κ2) is 8.27. The van der Waals surface area contributed by atoms with Gasteiger partial charge in [-0.1, -0.05) is 37.3 Å². The van der Waals surface area contributed by atoms with Gasteiger partial charge in [0.15, 0.2) is 0 Å². The predicted octanol–water partition coefficient (Wildman–Crippen LogP) is 3.35. The number of carbonyl (C=O) groups is 1. The number of amides is 1. The van der Waals surface area contributed by atoms with Gasteiger partial charge in [0.1, 0.15) is 5.69 Å². The molecule has 0 saturated heterocycles. The lowest BCUT2D eigenvalue weighted by atomic mass is 10.2. The number of rotatable bonds is 7. The average Bonchev–Trinajstić information content (AvgIpc) is 2.60. The summed E-state index contributed by atoms with van der Waals surface area (Å²) in [6, 6.07) is 11.9. The van der Waals surface area contributed by atoms with Gasteiger partial charge in [-0.3, -0.25) is 4.79 Å². The normalized spacial score (nSPS) is 11.8. The Hall–Kier alpha value is -2.43. The number of benzene rings is 1. The van der Waals surface area contributed by atoms with E-state index in [4.69, 9.17) is 0 Å². The minimum atomic E-state index is -0.0778. The monoisotopic (exact) mass is 312 g/mol. The fourth-order valence-corrected chi connectivity index (χ4v) is 2.16. The van der Waals surface area contributed by atoms with Crippen LogP contribution in [0.25, 0.3) is 0 Å². The molecule has 2 rings (SSSR count). The highest BCUT2D eigenvalue weighted by atomic mass is 16.2. The summed E-state index contributed by atoms with van der Waals surface area (Å²) in [6.45, 7) is 7.33. The van der Waals surface area contributed by atoms with Gasteiger partial charge in [-0.25, -0.2) is 9.97 Å². The number of hydrogen-bond donors (Lipinski definition) is 1. The Morgan fingerprint density at radius 3 is 2.61 bits per heavy atom. The van der Waals surface area contributed by atoms with E-state index in [2.05, 4.69) is 29.1 Å². The minimum Gasteiger partial charge on any atom is -0.352 e. The van der Waals surface area contributed by atoms with E-state index in [0.29, 0.717) is 24.7 Å². The van der Waals surface area contributed by atoms with Crippen molar-refractivity contribution in [1.82, 2.24) is 14.9 Å². The molecule has 1 aromatic carbocycles. The molecule has 0 saturated carbocycles. The van der Waals surface area contributed by atoms with Crippen LogP contribution in [0.2, 0.25) is 0 Å². The Labute approximate surface area is 137 Å². The third-order valence-corrected chi connectivity index (χ3v) is 3.75. The second-order valence-electron chi connectivity index (χ2n) is 5.52. The molecule has 0 aliphatic carbocycles. The van der Waals surface area contributed by atoms with Gasteiger partial charge in [0, 0.05) is 25.3 Å². The molecule has 0 fully saturated rings. The number of carbonyl (C=O) groups excluding carboxylic acids is 1. The third kappa shape index (κ3) is 4.77. The lowest BCUT2D eigenvalue weighted by molar-refractivity contribution is 0.0746. The quantitative estimate of drug-likeness (QED) is 0.852. The van der Waals surface area contributed by atoms with E-state index in [1.165, 1.54) is 0 Å². The van der Waals surface area contributed by atoms with Gasteiger partial charge < -0.3 is 10.2 Å². The third-order valence-electron chi connectivity index (χ3n) is 3.75. The Balaban J connectivity index is 2.12. The Bertz CT molecular complexity index is 630. The maximum absolute atomic E-state index is 12.7. The van der Waals surface area contributed by atoms with Gasteiger partial charge in [0.25, 0.3) is 5.91 Å². The first-order valence-electron chi connectivity index (χ1n) is 8.06. The Morgan fingerprint density at radius 2 is 1.96 bits per heavy atom. The van der Waals surface area contributed by atoms with Gasteiger partial charge in [0.05, 0.1) is 0 Å². The molecule has 1 heterocycles. The molecule has 5 nitrogen and oxygen atoms in total. The molecule has 23 heavy (non-hydrogen) atoms. The lowest BCUT2D eigenvalue weighted by Crippen LogP contribution is -2.31. The van der Waals surface area contributed by atoms with Crippen LogP contribution in [0.4, 0.5) is 5.95 Å². The maximum Gasteiger partial charge on any atom is 0.272 e. The molecule has 5 heteroatoms. The Morgan fingerprint density at radius 1 is 1.22 bits per heavy atom.